The van der Waals surface area contributed by atoms with Gasteiger partial charge in [-0.1, -0.05) is 13.8 Å². The fourth-order valence-electron chi connectivity index (χ4n) is 1.80. The average molecular weight is 251 g/mol. The summed E-state index contributed by atoms with van der Waals surface area (Å²) < 4.78 is 0. The van der Waals surface area contributed by atoms with Crippen LogP contribution in [0.1, 0.15) is 24.3 Å². The molecule has 1 amide bonds. The molecule has 0 saturated carbocycles. The molecule has 0 radical (unpaired) electrons. The molecular weight excluding hydrogens is 230 g/mol. The van der Waals surface area contributed by atoms with Crippen LogP contribution < -0.4 is 11.1 Å². The van der Waals surface area contributed by atoms with Crippen LogP contribution in [0.4, 0.5) is 5.82 Å². The van der Waals surface area contributed by atoms with Crippen molar-refractivity contribution in [3.8, 4) is 0 Å². The number of nitrogens with zero attached hydrogens (tertiary/aromatic N) is 3. The van der Waals surface area contributed by atoms with E-state index in [9.17, 15) is 4.79 Å². The fraction of sp³-hybridized carbons (Fsp3) is 0.583. The molecular formula is C12H21N5O. The van der Waals surface area contributed by atoms with E-state index >= 15 is 0 Å². The normalized spacial score (nSPS) is 11.6. The van der Waals surface area contributed by atoms with Crippen LogP contribution in [-0.4, -0.2) is 48.2 Å². The number of primary amides is 1. The first kappa shape index (κ1) is 14.4. The lowest BCUT2D eigenvalue weighted by Gasteiger charge is -2.28. The maximum atomic E-state index is 10.8. The molecule has 0 unspecified atom stereocenters. The van der Waals surface area contributed by atoms with Gasteiger partial charge in [-0.2, -0.15) is 0 Å². The van der Waals surface area contributed by atoms with Gasteiger partial charge in [0, 0.05) is 13.1 Å². The predicted molar refractivity (Wildman–Crippen MR) is 71.4 cm³/mol. The largest absolute Gasteiger partial charge is 0.368 e. The molecule has 1 heterocycles. The van der Waals surface area contributed by atoms with Gasteiger partial charge in [0.05, 0.1) is 0 Å². The number of hydrogen-bond acceptors (Lipinski definition) is 5. The molecule has 3 N–H and O–H groups in total. The summed E-state index contributed by atoms with van der Waals surface area (Å²) in [5.74, 6) is 0.0776. The van der Waals surface area contributed by atoms with Crippen LogP contribution in [0.15, 0.2) is 12.1 Å². The maximum Gasteiger partial charge on any atom is 0.269 e. The molecule has 0 saturated heterocycles. The van der Waals surface area contributed by atoms with Gasteiger partial charge in [-0.3, -0.25) is 4.79 Å². The van der Waals surface area contributed by atoms with Gasteiger partial charge in [-0.15, -0.1) is 10.2 Å². The number of rotatable bonds is 6. The SMILES string of the molecule is CN(C)CC(C)(C)CNc1ccc(C(N)=O)nn1. The molecule has 0 bridgehead atoms. The Hall–Kier alpha value is -1.69. The third kappa shape index (κ3) is 4.67. The van der Waals surface area contributed by atoms with E-state index < -0.39 is 5.91 Å². The lowest BCUT2D eigenvalue weighted by atomic mass is 9.93. The van der Waals surface area contributed by atoms with E-state index in [0.717, 1.165) is 13.1 Å². The topological polar surface area (TPSA) is 84.1 Å². The molecule has 0 atom stereocenters. The van der Waals surface area contributed by atoms with Gasteiger partial charge in [-0.05, 0) is 31.6 Å². The molecule has 0 aliphatic carbocycles. The second kappa shape index (κ2) is 5.77. The van der Waals surface area contributed by atoms with Gasteiger partial charge in [0.2, 0.25) is 0 Å². The summed E-state index contributed by atoms with van der Waals surface area (Å²) in [4.78, 5) is 13.0. The number of carbonyl (C=O) groups excluding carboxylic acids is 1. The van der Waals surface area contributed by atoms with Gasteiger partial charge in [0.1, 0.15) is 5.82 Å². The second-order valence-corrected chi connectivity index (χ2v) is 5.42. The van der Waals surface area contributed by atoms with Crippen LogP contribution in [0.25, 0.3) is 0 Å². The Labute approximate surface area is 108 Å². The van der Waals surface area contributed by atoms with E-state index in [1.54, 1.807) is 12.1 Å². The zero-order valence-electron chi connectivity index (χ0n) is 11.4. The minimum absolute atomic E-state index is 0.119. The summed E-state index contributed by atoms with van der Waals surface area (Å²) >= 11 is 0. The van der Waals surface area contributed by atoms with E-state index in [1.807, 2.05) is 14.1 Å². The summed E-state index contributed by atoms with van der Waals surface area (Å²) in [6, 6.07) is 3.27. The fourth-order valence-corrected chi connectivity index (χ4v) is 1.80. The molecule has 0 aromatic carbocycles. The van der Waals surface area contributed by atoms with Crippen molar-refractivity contribution in [1.82, 2.24) is 15.1 Å². The molecule has 1 aromatic heterocycles. The van der Waals surface area contributed by atoms with Gasteiger partial charge >= 0.3 is 0 Å². The summed E-state index contributed by atoms with van der Waals surface area (Å²) in [5.41, 5.74) is 5.39. The Balaban J connectivity index is 2.55. The number of carbonyl (C=O) groups is 1. The quantitative estimate of drug-likeness (QED) is 0.772. The molecule has 6 heteroatoms. The maximum absolute atomic E-state index is 10.8. The Bertz CT molecular complexity index is 399. The molecule has 0 aliphatic rings. The third-order valence-corrected chi connectivity index (χ3v) is 2.41. The second-order valence-electron chi connectivity index (χ2n) is 5.42. The molecule has 100 valence electrons. The molecule has 0 spiro atoms. The van der Waals surface area contributed by atoms with Gasteiger partial charge in [0.25, 0.3) is 5.91 Å². The van der Waals surface area contributed by atoms with E-state index in [-0.39, 0.29) is 11.1 Å². The highest BCUT2D eigenvalue weighted by atomic mass is 16.1. The van der Waals surface area contributed by atoms with Crippen molar-refractivity contribution in [2.45, 2.75) is 13.8 Å². The van der Waals surface area contributed by atoms with Gasteiger partial charge < -0.3 is 16.0 Å². The van der Waals surface area contributed by atoms with E-state index in [1.165, 1.54) is 0 Å². The lowest BCUT2D eigenvalue weighted by Crippen LogP contribution is -2.34. The van der Waals surface area contributed by atoms with Crippen molar-refractivity contribution < 1.29 is 4.79 Å². The number of nitrogens with two attached hydrogens (primary N) is 1. The van der Waals surface area contributed by atoms with Crippen LogP contribution in [0.5, 0.6) is 0 Å². The minimum atomic E-state index is -0.568. The summed E-state index contributed by atoms with van der Waals surface area (Å²) in [5, 5.41) is 10.9. The number of nitrogens with one attached hydrogen (secondary N) is 1. The van der Waals surface area contributed by atoms with E-state index in [2.05, 4.69) is 34.3 Å². The summed E-state index contributed by atoms with van der Waals surface area (Å²) in [6.07, 6.45) is 0. The summed E-state index contributed by atoms with van der Waals surface area (Å²) in [6.45, 7) is 6.08. The van der Waals surface area contributed by atoms with Crippen LogP contribution in [0.2, 0.25) is 0 Å². The number of hydrogen-bond donors (Lipinski definition) is 2. The van der Waals surface area contributed by atoms with Crippen molar-refractivity contribution in [3.63, 3.8) is 0 Å². The first-order valence-corrected chi connectivity index (χ1v) is 5.82. The Morgan fingerprint density at radius 3 is 2.50 bits per heavy atom. The Morgan fingerprint density at radius 2 is 2.06 bits per heavy atom. The average Bonchev–Trinajstić information content (AvgIpc) is 2.25. The first-order chi connectivity index (χ1) is 8.30. The van der Waals surface area contributed by atoms with Gasteiger partial charge in [0.15, 0.2) is 5.69 Å². The first-order valence-electron chi connectivity index (χ1n) is 5.82. The minimum Gasteiger partial charge on any atom is -0.368 e. The van der Waals surface area contributed by atoms with Crippen LogP contribution in [-0.2, 0) is 0 Å². The molecule has 6 nitrogen and oxygen atoms in total. The molecule has 1 aromatic rings. The van der Waals surface area contributed by atoms with Crippen LogP contribution in [0.3, 0.4) is 0 Å². The van der Waals surface area contributed by atoms with Gasteiger partial charge in [-0.25, -0.2) is 0 Å². The lowest BCUT2D eigenvalue weighted by molar-refractivity contribution is 0.0994. The number of anilines is 1. The van der Waals surface area contributed by atoms with Crippen LogP contribution in [0, 0.1) is 5.41 Å². The molecule has 0 fully saturated rings. The number of amides is 1. The molecule has 1 rings (SSSR count). The summed E-state index contributed by atoms with van der Waals surface area (Å²) in [7, 11) is 4.09. The highest BCUT2D eigenvalue weighted by Gasteiger charge is 2.18. The monoisotopic (exact) mass is 251 g/mol. The van der Waals surface area contributed by atoms with Crippen molar-refractivity contribution in [2.24, 2.45) is 11.1 Å². The zero-order valence-corrected chi connectivity index (χ0v) is 11.4. The smallest absolute Gasteiger partial charge is 0.269 e. The third-order valence-electron chi connectivity index (χ3n) is 2.41. The predicted octanol–water partition coefficient (Wildman–Crippen LogP) is 0.575. The van der Waals surface area contributed by atoms with Crippen molar-refractivity contribution >= 4 is 11.7 Å². The van der Waals surface area contributed by atoms with Crippen molar-refractivity contribution in [1.29, 1.82) is 0 Å². The van der Waals surface area contributed by atoms with Crippen LogP contribution >= 0.6 is 0 Å². The van der Waals surface area contributed by atoms with E-state index in [4.69, 9.17) is 5.73 Å². The zero-order chi connectivity index (χ0) is 13.8. The highest BCUT2D eigenvalue weighted by molar-refractivity contribution is 5.90. The van der Waals surface area contributed by atoms with E-state index in [0.29, 0.717) is 5.82 Å². The highest BCUT2D eigenvalue weighted by Crippen LogP contribution is 2.16. The standard InChI is InChI=1S/C12H21N5O/c1-12(2,8-17(3)4)7-14-10-6-5-9(11(13)18)15-16-10/h5-6H,7-8H2,1-4H3,(H2,13,18)(H,14,16). The molecule has 0 aliphatic heterocycles. The molecule has 18 heavy (non-hydrogen) atoms. The van der Waals surface area contributed by atoms with Crippen molar-refractivity contribution in [2.75, 3.05) is 32.5 Å². The van der Waals surface area contributed by atoms with Crippen molar-refractivity contribution in [3.05, 3.63) is 17.8 Å². The Kier molecular flexibility index (Phi) is 4.61. The Morgan fingerprint density at radius 1 is 1.39 bits per heavy atom. The number of aromatic nitrogens is 2.